The first-order chi connectivity index (χ1) is 8.69. The predicted octanol–water partition coefficient (Wildman–Crippen LogP) is 2.19. The van der Waals surface area contributed by atoms with Crippen LogP contribution in [0.3, 0.4) is 0 Å². The summed E-state index contributed by atoms with van der Waals surface area (Å²) < 4.78 is 0. The van der Waals surface area contributed by atoms with Crippen LogP contribution < -0.4 is 10.6 Å². The molecule has 0 aromatic rings. The number of nitrogens with zero attached hydrogens (tertiary/aromatic N) is 2. The molecule has 2 fully saturated rings. The number of halogens is 1. The molecule has 19 heavy (non-hydrogen) atoms. The van der Waals surface area contributed by atoms with Gasteiger partial charge < -0.3 is 15.5 Å². The molecule has 0 amide bonds. The lowest BCUT2D eigenvalue weighted by Gasteiger charge is -2.36. The van der Waals surface area contributed by atoms with Gasteiger partial charge in [0.15, 0.2) is 5.96 Å². The Morgan fingerprint density at radius 2 is 1.58 bits per heavy atom. The molecule has 0 radical (unpaired) electrons. The Hall–Kier alpha value is -0.0400. The summed E-state index contributed by atoms with van der Waals surface area (Å²) in [5, 5.41) is 7.09. The van der Waals surface area contributed by atoms with Gasteiger partial charge in [-0.15, -0.1) is 24.0 Å². The molecule has 4 nitrogen and oxygen atoms in total. The molecule has 5 heteroatoms. The highest BCUT2D eigenvalue weighted by Crippen LogP contribution is 2.18. The average Bonchev–Trinajstić information content (AvgIpc) is 2.32. The number of piperidine rings is 1. The molecule has 2 aliphatic rings. The quantitative estimate of drug-likeness (QED) is 0.448. The van der Waals surface area contributed by atoms with E-state index in [1.54, 1.807) is 0 Å². The van der Waals surface area contributed by atoms with Crippen LogP contribution in [0.4, 0.5) is 0 Å². The molecule has 0 aromatic heterocycles. The second-order valence-electron chi connectivity index (χ2n) is 5.89. The molecule has 0 spiro atoms. The van der Waals surface area contributed by atoms with Gasteiger partial charge >= 0.3 is 0 Å². The van der Waals surface area contributed by atoms with E-state index >= 15 is 0 Å². The molecule has 0 aromatic carbocycles. The molecule has 1 saturated heterocycles. The standard InChI is InChI=1S/C14H28N4.HI/c1-11(2)18-9-7-13(8-10-18)17-14(15-3)16-12-5-4-6-12;/h11-13H,4-10H2,1-3H3,(H2,15,16,17);1H. The lowest BCUT2D eigenvalue weighted by molar-refractivity contribution is 0.167. The second kappa shape index (κ2) is 8.29. The molecule has 0 unspecified atom stereocenters. The monoisotopic (exact) mass is 380 g/mol. The van der Waals surface area contributed by atoms with E-state index < -0.39 is 0 Å². The minimum Gasteiger partial charge on any atom is -0.354 e. The summed E-state index contributed by atoms with van der Waals surface area (Å²) in [6.07, 6.45) is 6.41. The first-order valence-corrected chi connectivity index (χ1v) is 7.43. The SMILES string of the molecule is CN=C(NC1CCC1)NC1CCN(C(C)C)CC1.I. The maximum Gasteiger partial charge on any atom is 0.191 e. The zero-order valence-electron chi connectivity index (χ0n) is 12.5. The van der Waals surface area contributed by atoms with Gasteiger partial charge in [-0.05, 0) is 46.0 Å². The summed E-state index contributed by atoms with van der Waals surface area (Å²) >= 11 is 0. The van der Waals surface area contributed by atoms with Gasteiger partial charge in [-0.3, -0.25) is 4.99 Å². The minimum atomic E-state index is 0. The summed E-state index contributed by atoms with van der Waals surface area (Å²) in [6.45, 7) is 6.97. The average molecular weight is 380 g/mol. The number of hydrogen-bond acceptors (Lipinski definition) is 2. The zero-order chi connectivity index (χ0) is 13.0. The molecular formula is C14H29IN4. The number of hydrogen-bond donors (Lipinski definition) is 2. The summed E-state index contributed by atoms with van der Waals surface area (Å²) in [5.41, 5.74) is 0. The number of likely N-dealkylation sites (tertiary alicyclic amines) is 1. The molecule has 1 saturated carbocycles. The zero-order valence-corrected chi connectivity index (χ0v) is 14.8. The third kappa shape index (κ3) is 5.10. The van der Waals surface area contributed by atoms with Crippen LogP contribution in [0.2, 0.25) is 0 Å². The first kappa shape index (κ1) is 17.0. The van der Waals surface area contributed by atoms with Crippen molar-refractivity contribution in [2.75, 3.05) is 20.1 Å². The highest BCUT2D eigenvalue weighted by Gasteiger charge is 2.23. The molecule has 2 rings (SSSR count). The van der Waals surface area contributed by atoms with Crippen LogP contribution in [0.25, 0.3) is 0 Å². The van der Waals surface area contributed by atoms with Gasteiger partial charge in [0.25, 0.3) is 0 Å². The van der Waals surface area contributed by atoms with E-state index in [1.807, 2.05) is 7.05 Å². The third-order valence-electron chi connectivity index (χ3n) is 4.27. The van der Waals surface area contributed by atoms with Crippen molar-refractivity contribution >= 4 is 29.9 Å². The van der Waals surface area contributed by atoms with Crippen molar-refractivity contribution in [3.05, 3.63) is 0 Å². The second-order valence-corrected chi connectivity index (χ2v) is 5.89. The fourth-order valence-electron chi connectivity index (χ4n) is 2.67. The van der Waals surface area contributed by atoms with Crippen molar-refractivity contribution in [1.29, 1.82) is 0 Å². The van der Waals surface area contributed by atoms with E-state index in [-0.39, 0.29) is 24.0 Å². The summed E-state index contributed by atoms with van der Waals surface area (Å²) in [7, 11) is 1.87. The van der Waals surface area contributed by atoms with E-state index in [1.165, 1.54) is 45.2 Å². The maximum atomic E-state index is 4.34. The molecule has 2 N–H and O–H groups in total. The van der Waals surface area contributed by atoms with E-state index in [9.17, 15) is 0 Å². The van der Waals surface area contributed by atoms with Gasteiger partial charge in [0.05, 0.1) is 0 Å². The van der Waals surface area contributed by atoms with Crippen molar-refractivity contribution in [2.45, 2.75) is 64.1 Å². The highest BCUT2D eigenvalue weighted by molar-refractivity contribution is 14.0. The van der Waals surface area contributed by atoms with Crippen LogP contribution in [0.5, 0.6) is 0 Å². The van der Waals surface area contributed by atoms with E-state index in [0.29, 0.717) is 18.1 Å². The van der Waals surface area contributed by atoms with Crippen molar-refractivity contribution in [2.24, 2.45) is 4.99 Å². The molecule has 1 aliphatic heterocycles. The summed E-state index contributed by atoms with van der Waals surface area (Å²) in [4.78, 5) is 6.89. The van der Waals surface area contributed by atoms with Crippen LogP contribution in [0, 0.1) is 0 Å². The fourth-order valence-corrected chi connectivity index (χ4v) is 2.67. The number of aliphatic imine (C=N–C) groups is 1. The van der Waals surface area contributed by atoms with Crippen LogP contribution in [-0.4, -0.2) is 49.1 Å². The highest BCUT2D eigenvalue weighted by atomic mass is 127. The molecule has 0 bridgehead atoms. The number of nitrogens with one attached hydrogen (secondary N) is 2. The van der Waals surface area contributed by atoms with E-state index in [4.69, 9.17) is 0 Å². The van der Waals surface area contributed by atoms with Crippen LogP contribution in [-0.2, 0) is 0 Å². The number of guanidine groups is 1. The van der Waals surface area contributed by atoms with Gasteiger partial charge in [-0.2, -0.15) is 0 Å². The molecule has 1 heterocycles. The van der Waals surface area contributed by atoms with Crippen molar-refractivity contribution < 1.29 is 0 Å². The summed E-state index contributed by atoms with van der Waals surface area (Å²) in [5.74, 6) is 1.00. The van der Waals surface area contributed by atoms with E-state index in [0.717, 1.165) is 5.96 Å². The van der Waals surface area contributed by atoms with Crippen LogP contribution >= 0.6 is 24.0 Å². The molecule has 112 valence electrons. The predicted molar refractivity (Wildman–Crippen MR) is 92.4 cm³/mol. The van der Waals surface area contributed by atoms with Crippen LogP contribution in [0.1, 0.15) is 46.0 Å². The molecule has 1 aliphatic carbocycles. The van der Waals surface area contributed by atoms with Gasteiger partial charge in [0, 0.05) is 38.3 Å². The van der Waals surface area contributed by atoms with Gasteiger partial charge in [0.1, 0.15) is 0 Å². The Kier molecular flexibility index (Phi) is 7.42. The van der Waals surface area contributed by atoms with Gasteiger partial charge in [-0.25, -0.2) is 0 Å². The topological polar surface area (TPSA) is 39.7 Å². The third-order valence-corrected chi connectivity index (χ3v) is 4.27. The fraction of sp³-hybridized carbons (Fsp3) is 0.929. The lowest BCUT2D eigenvalue weighted by Crippen LogP contribution is -2.52. The van der Waals surface area contributed by atoms with Gasteiger partial charge in [0.2, 0.25) is 0 Å². The molecule has 0 atom stereocenters. The van der Waals surface area contributed by atoms with Crippen molar-refractivity contribution in [1.82, 2.24) is 15.5 Å². The maximum absolute atomic E-state index is 4.34. The Balaban J connectivity index is 0.00000180. The Morgan fingerprint density at radius 3 is 1.95 bits per heavy atom. The normalized spacial score (nSPS) is 22.8. The number of rotatable bonds is 3. The largest absolute Gasteiger partial charge is 0.354 e. The lowest BCUT2D eigenvalue weighted by atomic mass is 9.93. The first-order valence-electron chi connectivity index (χ1n) is 7.43. The van der Waals surface area contributed by atoms with Crippen LogP contribution in [0.15, 0.2) is 4.99 Å². The Labute approximate surface area is 134 Å². The Bertz CT molecular complexity index is 281. The van der Waals surface area contributed by atoms with E-state index in [2.05, 4.69) is 34.4 Å². The Morgan fingerprint density at radius 1 is 1.05 bits per heavy atom. The summed E-state index contributed by atoms with van der Waals surface area (Å²) in [6, 6.07) is 1.93. The van der Waals surface area contributed by atoms with Crippen molar-refractivity contribution in [3.63, 3.8) is 0 Å². The smallest absolute Gasteiger partial charge is 0.191 e. The molecular weight excluding hydrogens is 351 g/mol. The van der Waals surface area contributed by atoms with Crippen molar-refractivity contribution in [3.8, 4) is 0 Å². The van der Waals surface area contributed by atoms with Gasteiger partial charge in [-0.1, -0.05) is 0 Å². The minimum absolute atomic E-state index is 0.